The Kier molecular flexibility index (Phi) is 5.72. The predicted octanol–water partition coefficient (Wildman–Crippen LogP) is 6.02. The van der Waals surface area contributed by atoms with Crippen LogP contribution in [0.1, 0.15) is 47.5 Å². The zero-order valence-corrected chi connectivity index (χ0v) is 23.2. The van der Waals surface area contributed by atoms with Crippen LogP contribution in [0.15, 0.2) is 119 Å². The fourth-order valence-electron chi connectivity index (χ4n) is 6.27. The van der Waals surface area contributed by atoms with Gasteiger partial charge in [-0.2, -0.15) is 0 Å². The third-order valence-electron chi connectivity index (χ3n) is 8.49. The Morgan fingerprint density at radius 2 is 1.82 bits per heavy atom. The molecule has 0 aromatic rings. The number of rotatable bonds is 3. The molecular formula is C32H32N4O3. The molecule has 0 spiro atoms. The van der Waals surface area contributed by atoms with Gasteiger partial charge in [-0.3, -0.25) is 4.79 Å². The van der Waals surface area contributed by atoms with E-state index in [1.165, 1.54) is 7.11 Å². The molecule has 8 bridgehead atoms. The molecule has 2 atom stereocenters. The summed E-state index contributed by atoms with van der Waals surface area (Å²) in [4.78, 5) is 28.0. The number of carbonyl (C=O) groups excluding carboxylic acids is 1. The fraction of sp³-hybridized carbons (Fsp3) is 0.312. The standard InChI is InChI=1S/C32H32N4O3/c1-8-18-15(4)21-11-20-14(3)10-26(33-20)28-29(32(38)39-7)31(37)27-17(6)23(36-30(27)28)13-25-19(9-2)16(5)22(35-25)12-24(18)34-21/h8,11-14,29,33,37H,1,9-10H2,2-7H3. The van der Waals surface area contributed by atoms with Crippen molar-refractivity contribution in [3.8, 4) is 0 Å². The number of esters is 1. The number of ether oxygens (including phenoxy) is 1. The Bertz CT molecular complexity index is 1640. The highest BCUT2D eigenvalue weighted by atomic mass is 16.5. The molecule has 0 radical (unpaired) electrons. The van der Waals surface area contributed by atoms with E-state index in [-0.39, 0.29) is 11.7 Å². The maximum absolute atomic E-state index is 13.0. The highest BCUT2D eigenvalue weighted by Gasteiger charge is 2.47. The minimum Gasteiger partial charge on any atom is -0.510 e. The van der Waals surface area contributed by atoms with E-state index in [4.69, 9.17) is 19.7 Å². The van der Waals surface area contributed by atoms with E-state index in [0.29, 0.717) is 23.3 Å². The van der Waals surface area contributed by atoms with E-state index in [1.54, 1.807) is 0 Å². The summed E-state index contributed by atoms with van der Waals surface area (Å²) in [5.74, 6) is -1.28. The number of nitrogens with zero attached hydrogens (tertiary/aromatic N) is 3. The molecule has 0 aromatic carbocycles. The number of aliphatic hydroxyl groups excluding tert-OH is 1. The van der Waals surface area contributed by atoms with Crippen molar-refractivity contribution in [2.24, 2.45) is 26.8 Å². The smallest absolute Gasteiger partial charge is 0.321 e. The van der Waals surface area contributed by atoms with Gasteiger partial charge in [0.25, 0.3) is 0 Å². The predicted molar refractivity (Wildman–Crippen MR) is 154 cm³/mol. The second kappa shape index (κ2) is 8.90. The molecule has 198 valence electrons. The molecule has 6 aliphatic rings. The number of fused-ring (bicyclic) bond motifs is 5. The molecule has 0 aromatic heterocycles. The number of aliphatic imine (C=N–C) groups is 3. The second-order valence-electron chi connectivity index (χ2n) is 10.7. The quantitative estimate of drug-likeness (QED) is 0.445. The van der Waals surface area contributed by atoms with Crippen molar-refractivity contribution >= 4 is 23.1 Å². The van der Waals surface area contributed by atoms with Crippen molar-refractivity contribution in [2.75, 3.05) is 7.11 Å². The summed E-state index contributed by atoms with van der Waals surface area (Å²) < 4.78 is 5.13. The molecule has 2 N–H and O–H groups in total. The van der Waals surface area contributed by atoms with Crippen molar-refractivity contribution in [1.29, 1.82) is 0 Å². The van der Waals surface area contributed by atoms with Crippen molar-refractivity contribution in [1.82, 2.24) is 5.32 Å². The van der Waals surface area contributed by atoms with E-state index in [2.05, 4.69) is 45.7 Å². The number of allylic oxidation sites excluding steroid dienone is 11. The zero-order valence-electron chi connectivity index (χ0n) is 23.2. The van der Waals surface area contributed by atoms with Crippen LogP contribution in [0.2, 0.25) is 0 Å². The third kappa shape index (κ3) is 3.56. The van der Waals surface area contributed by atoms with Crippen LogP contribution in [0.4, 0.5) is 0 Å². The van der Waals surface area contributed by atoms with E-state index >= 15 is 0 Å². The topological polar surface area (TPSA) is 95.6 Å². The molecule has 1 fully saturated rings. The minimum atomic E-state index is -0.919. The fourth-order valence-corrected chi connectivity index (χ4v) is 6.27. The van der Waals surface area contributed by atoms with Gasteiger partial charge >= 0.3 is 5.97 Å². The zero-order chi connectivity index (χ0) is 27.7. The maximum Gasteiger partial charge on any atom is 0.321 e. The lowest BCUT2D eigenvalue weighted by Gasteiger charge is -2.14. The molecule has 7 nitrogen and oxygen atoms in total. The first-order valence-corrected chi connectivity index (χ1v) is 13.4. The van der Waals surface area contributed by atoms with E-state index in [1.807, 2.05) is 25.2 Å². The van der Waals surface area contributed by atoms with Gasteiger partial charge in [0.15, 0.2) is 0 Å². The molecule has 0 saturated carbocycles. The molecule has 39 heavy (non-hydrogen) atoms. The molecule has 5 heterocycles. The molecule has 5 aliphatic heterocycles. The largest absolute Gasteiger partial charge is 0.510 e. The molecular weight excluding hydrogens is 488 g/mol. The summed E-state index contributed by atoms with van der Waals surface area (Å²) in [5.41, 5.74) is 13.1. The lowest BCUT2D eigenvalue weighted by Crippen LogP contribution is -2.23. The molecule has 2 unspecified atom stereocenters. The van der Waals surface area contributed by atoms with Gasteiger partial charge < -0.3 is 15.2 Å². The average molecular weight is 521 g/mol. The maximum atomic E-state index is 13.0. The average Bonchev–Trinajstić information content (AvgIpc) is 3.66. The molecule has 1 aliphatic carbocycles. The van der Waals surface area contributed by atoms with Crippen LogP contribution < -0.4 is 5.32 Å². The first-order valence-electron chi connectivity index (χ1n) is 13.4. The Balaban J connectivity index is 1.66. The molecule has 7 heteroatoms. The van der Waals surface area contributed by atoms with Gasteiger partial charge in [-0.1, -0.05) is 26.5 Å². The summed E-state index contributed by atoms with van der Waals surface area (Å²) in [5, 5.41) is 14.9. The van der Waals surface area contributed by atoms with Crippen molar-refractivity contribution < 1.29 is 14.6 Å². The van der Waals surface area contributed by atoms with Gasteiger partial charge in [0, 0.05) is 34.0 Å². The lowest BCUT2D eigenvalue weighted by atomic mass is 9.95. The summed E-state index contributed by atoms with van der Waals surface area (Å²) >= 11 is 0. The first kappa shape index (κ1) is 25.0. The SMILES string of the molecule is C=CC1=C(C)C2=NC1=CC1=NC(=CC3=C(C)C4=C(O)C(C(=O)OC)C(=C5CC(C)C(=C2)N5)C4=N3)C(CC)=C1C. The van der Waals surface area contributed by atoms with Gasteiger partial charge in [0.2, 0.25) is 0 Å². The Morgan fingerprint density at radius 3 is 2.51 bits per heavy atom. The lowest BCUT2D eigenvalue weighted by molar-refractivity contribution is -0.143. The van der Waals surface area contributed by atoms with Crippen molar-refractivity contribution in [2.45, 2.75) is 47.5 Å². The first-order chi connectivity index (χ1) is 18.7. The third-order valence-corrected chi connectivity index (χ3v) is 8.49. The summed E-state index contributed by atoms with van der Waals surface area (Å²) in [6.45, 7) is 14.4. The number of carbonyl (C=O) groups is 1. The molecule has 6 rings (SSSR count). The van der Waals surface area contributed by atoms with Gasteiger partial charge in [0.05, 0.1) is 41.3 Å². The number of methoxy groups -OCH3 is 1. The number of nitrogens with one attached hydrogen (secondary N) is 1. The van der Waals surface area contributed by atoms with Crippen LogP contribution in [0, 0.1) is 11.8 Å². The monoisotopic (exact) mass is 520 g/mol. The van der Waals surface area contributed by atoms with Crippen LogP contribution in [-0.2, 0) is 9.53 Å². The Hall–Kier alpha value is -4.26. The van der Waals surface area contributed by atoms with E-state index in [9.17, 15) is 9.90 Å². The van der Waals surface area contributed by atoms with Crippen LogP contribution >= 0.6 is 0 Å². The van der Waals surface area contributed by atoms with Crippen molar-refractivity contribution in [3.05, 3.63) is 104 Å². The van der Waals surface area contributed by atoms with Crippen LogP contribution in [0.5, 0.6) is 0 Å². The molecule has 0 amide bonds. The van der Waals surface area contributed by atoms with Crippen LogP contribution in [-0.4, -0.2) is 35.3 Å². The Labute approximate surface area is 228 Å². The van der Waals surface area contributed by atoms with Crippen molar-refractivity contribution in [3.63, 3.8) is 0 Å². The van der Waals surface area contributed by atoms with Gasteiger partial charge in [-0.15, -0.1) is 0 Å². The second-order valence-corrected chi connectivity index (χ2v) is 10.7. The summed E-state index contributed by atoms with van der Waals surface area (Å²) in [6, 6.07) is 0. The van der Waals surface area contributed by atoms with Gasteiger partial charge in [-0.05, 0) is 74.1 Å². The van der Waals surface area contributed by atoms with Crippen LogP contribution in [0.25, 0.3) is 0 Å². The molecule has 1 saturated heterocycles. The number of hydrogen-bond donors (Lipinski definition) is 2. The summed E-state index contributed by atoms with van der Waals surface area (Å²) in [6.07, 6.45) is 9.46. The normalized spacial score (nSPS) is 25.6. The van der Waals surface area contributed by atoms with Gasteiger partial charge in [-0.25, -0.2) is 15.0 Å². The summed E-state index contributed by atoms with van der Waals surface area (Å²) in [7, 11) is 1.35. The van der Waals surface area contributed by atoms with Crippen LogP contribution in [0.3, 0.4) is 0 Å². The highest BCUT2D eigenvalue weighted by molar-refractivity contribution is 6.24. The van der Waals surface area contributed by atoms with Gasteiger partial charge in [0.1, 0.15) is 11.7 Å². The minimum absolute atomic E-state index is 0.0119. The number of aliphatic hydroxyl groups is 1. The Morgan fingerprint density at radius 1 is 1.10 bits per heavy atom. The van der Waals surface area contributed by atoms with E-state index in [0.717, 1.165) is 74.2 Å². The van der Waals surface area contributed by atoms with E-state index < -0.39 is 11.9 Å². The number of hydrogen-bond acceptors (Lipinski definition) is 7. The highest BCUT2D eigenvalue weighted by Crippen LogP contribution is 2.46.